The van der Waals surface area contributed by atoms with Gasteiger partial charge in [0, 0.05) is 33.7 Å². The SMILES string of the molecule is COC(=O)CNC(=O)CCCN([C-]=O)c1cc(C)ccn1.[Mo]. The van der Waals surface area contributed by atoms with Gasteiger partial charge in [0.25, 0.3) is 0 Å². The van der Waals surface area contributed by atoms with Gasteiger partial charge in [0.15, 0.2) is 0 Å². The maximum absolute atomic E-state index is 11.5. The van der Waals surface area contributed by atoms with Crippen molar-refractivity contribution in [2.75, 3.05) is 25.1 Å². The van der Waals surface area contributed by atoms with E-state index in [4.69, 9.17) is 0 Å². The van der Waals surface area contributed by atoms with E-state index in [9.17, 15) is 14.4 Å². The number of nitrogens with zero attached hydrogens (tertiary/aromatic N) is 2. The zero-order chi connectivity index (χ0) is 15.7. The van der Waals surface area contributed by atoms with Crippen molar-refractivity contribution in [3.63, 3.8) is 0 Å². The van der Waals surface area contributed by atoms with Crippen LogP contribution in [0.4, 0.5) is 5.82 Å². The quantitative estimate of drug-likeness (QED) is 0.300. The minimum absolute atomic E-state index is 0. The summed E-state index contributed by atoms with van der Waals surface area (Å²) in [6, 6.07) is 3.59. The van der Waals surface area contributed by atoms with E-state index in [-0.39, 0.29) is 39.9 Å². The van der Waals surface area contributed by atoms with E-state index in [1.807, 2.05) is 13.0 Å². The third-order valence-corrected chi connectivity index (χ3v) is 2.73. The van der Waals surface area contributed by atoms with Crippen molar-refractivity contribution in [2.24, 2.45) is 0 Å². The number of ether oxygens (including phenoxy) is 1. The molecule has 1 N–H and O–H groups in total. The fourth-order valence-corrected chi connectivity index (χ4v) is 1.60. The number of esters is 1. The van der Waals surface area contributed by atoms with Crippen molar-refractivity contribution >= 4 is 24.1 Å². The topological polar surface area (TPSA) is 88.6 Å². The largest absolute Gasteiger partial charge is 0.468 e. The fourth-order valence-electron chi connectivity index (χ4n) is 1.60. The summed E-state index contributed by atoms with van der Waals surface area (Å²) in [6.07, 6.45) is 4.04. The summed E-state index contributed by atoms with van der Waals surface area (Å²) >= 11 is 0. The van der Waals surface area contributed by atoms with E-state index >= 15 is 0 Å². The van der Waals surface area contributed by atoms with Gasteiger partial charge in [-0.15, -0.1) is 6.07 Å². The molecule has 0 aromatic carbocycles. The molecule has 120 valence electrons. The van der Waals surface area contributed by atoms with Crippen LogP contribution in [0.25, 0.3) is 0 Å². The second-order valence-electron chi connectivity index (χ2n) is 4.39. The average molecular weight is 388 g/mol. The van der Waals surface area contributed by atoms with Crippen molar-refractivity contribution in [2.45, 2.75) is 19.8 Å². The number of anilines is 1. The minimum Gasteiger partial charge on any atom is -0.468 e. The van der Waals surface area contributed by atoms with Crippen LogP contribution in [0.2, 0.25) is 0 Å². The number of aryl methyl sites for hydroxylation is 1. The van der Waals surface area contributed by atoms with Crippen LogP contribution in [0.15, 0.2) is 18.3 Å². The molecule has 2 amide bonds. The Labute approximate surface area is 143 Å². The van der Waals surface area contributed by atoms with Crippen LogP contribution in [0, 0.1) is 6.92 Å². The maximum Gasteiger partial charge on any atom is 0.325 e. The Hall–Kier alpha value is -1.75. The number of amides is 2. The number of rotatable bonds is 8. The molecular formula is C14H18MoN3O4-. The molecule has 0 fully saturated rings. The molecule has 0 spiro atoms. The molecule has 0 aliphatic heterocycles. The molecule has 0 saturated heterocycles. The van der Waals surface area contributed by atoms with E-state index < -0.39 is 5.97 Å². The summed E-state index contributed by atoms with van der Waals surface area (Å²) in [5.41, 5.74) is 0.982. The van der Waals surface area contributed by atoms with Gasteiger partial charge >= 0.3 is 5.97 Å². The van der Waals surface area contributed by atoms with Crippen molar-refractivity contribution in [1.29, 1.82) is 0 Å². The molecule has 7 nitrogen and oxygen atoms in total. The van der Waals surface area contributed by atoms with E-state index in [0.29, 0.717) is 18.8 Å². The van der Waals surface area contributed by atoms with Crippen LogP contribution in [0.5, 0.6) is 0 Å². The van der Waals surface area contributed by atoms with Crippen LogP contribution in [0.1, 0.15) is 18.4 Å². The summed E-state index contributed by atoms with van der Waals surface area (Å²) < 4.78 is 4.41. The van der Waals surface area contributed by atoms with Gasteiger partial charge in [0.05, 0.1) is 13.5 Å². The number of hydrogen-bond donors (Lipinski definition) is 1. The molecule has 0 bridgehead atoms. The Morgan fingerprint density at radius 3 is 2.77 bits per heavy atom. The molecule has 8 heteroatoms. The average Bonchev–Trinajstić information content (AvgIpc) is 2.49. The smallest absolute Gasteiger partial charge is 0.325 e. The first-order valence-electron chi connectivity index (χ1n) is 6.48. The number of hydrogen-bond acceptors (Lipinski definition) is 5. The molecule has 1 aromatic rings. The molecule has 1 heterocycles. The van der Waals surface area contributed by atoms with Gasteiger partial charge in [-0.25, -0.2) is 0 Å². The standard InChI is InChI=1S/C14H18N3O4.Mo/c1-11-5-6-15-12(8-11)17(10-18)7-3-4-13(19)16-9-14(20)21-2;/h5-6,8H,3-4,7,9H2,1-2H3,(H,16,19);/q-1;. The van der Waals surface area contributed by atoms with E-state index in [2.05, 4.69) is 15.0 Å². The number of methoxy groups -OCH3 is 1. The summed E-state index contributed by atoms with van der Waals surface area (Å²) in [5.74, 6) is -0.279. The molecule has 0 saturated carbocycles. The third-order valence-electron chi connectivity index (χ3n) is 2.73. The van der Waals surface area contributed by atoms with Gasteiger partial charge in [-0.05, 0) is 31.8 Å². The molecule has 22 heavy (non-hydrogen) atoms. The van der Waals surface area contributed by atoms with Gasteiger partial charge in [-0.2, -0.15) is 0 Å². The Bertz CT molecular complexity index is 511. The normalized spacial score (nSPS) is 9.36. The van der Waals surface area contributed by atoms with Crippen molar-refractivity contribution in [3.05, 3.63) is 23.9 Å². The van der Waals surface area contributed by atoms with Gasteiger partial charge in [-0.1, -0.05) is 5.56 Å². The van der Waals surface area contributed by atoms with E-state index in [1.54, 1.807) is 18.7 Å². The summed E-state index contributed by atoms with van der Waals surface area (Å²) in [4.78, 5) is 38.7. The van der Waals surface area contributed by atoms with Crippen LogP contribution < -0.4 is 10.2 Å². The van der Waals surface area contributed by atoms with Gasteiger partial charge in [0.2, 0.25) is 5.91 Å². The molecule has 0 atom stereocenters. The summed E-state index contributed by atoms with van der Waals surface area (Å²) in [6.45, 7) is 2.07. The number of carbonyl (C=O) groups excluding carboxylic acids is 3. The molecule has 0 radical (unpaired) electrons. The van der Waals surface area contributed by atoms with Crippen LogP contribution in [-0.4, -0.2) is 43.5 Å². The molecular weight excluding hydrogens is 370 g/mol. The Morgan fingerprint density at radius 1 is 1.45 bits per heavy atom. The summed E-state index contributed by atoms with van der Waals surface area (Å²) in [7, 11) is 1.25. The second-order valence-corrected chi connectivity index (χ2v) is 4.39. The summed E-state index contributed by atoms with van der Waals surface area (Å²) in [5, 5.41) is 2.43. The van der Waals surface area contributed by atoms with Crippen LogP contribution in [-0.2, 0) is 40.2 Å². The Morgan fingerprint density at radius 2 is 2.18 bits per heavy atom. The predicted molar refractivity (Wildman–Crippen MR) is 76.3 cm³/mol. The third kappa shape index (κ3) is 7.31. The zero-order valence-corrected chi connectivity index (χ0v) is 14.5. The van der Waals surface area contributed by atoms with Crippen molar-refractivity contribution in [1.82, 2.24) is 10.3 Å². The minimum atomic E-state index is -0.504. The Kier molecular flexibility index (Phi) is 10.0. The van der Waals surface area contributed by atoms with Gasteiger partial charge < -0.3 is 24.7 Å². The Balaban J connectivity index is 0.00000441. The zero-order valence-electron chi connectivity index (χ0n) is 12.5. The molecule has 1 rings (SSSR count). The number of carbonyl (C=O) groups is 2. The van der Waals surface area contributed by atoms with Crippen LogP contribution in [0.3, 0.4) is 0 Å². The van der Waals surface area contributed by atoms with Crippen molar-refractivity contribution < 1.29 is 40.2 Å². The maximum atomic E-state index is 11.5. The number of nitrogens with one attached hydrogen (secondary N) is 1. The van der Waals surface area contributed by atoms with Gasteiger partial charge in [0.1, 0.15) is 6.54 Å². The first kappa shape index (κ1) is 20.2. The second kappa shape index (κ2) is 10.9. The predicted octanol–water partition coefficient (Wildman–Crippen LogP) is 0.331. The molecule has 0 unspecified atom stereocenters. The first-order chi connectivity index (χ1) is 10.1. The fraction of sp³-hybridized carbons (Fsp3) is 0.429. The monoisotopic (exact) mass is 390 g/mol. The first-order valence-corrected chi connectivity index (χ1v) is 6.48. The van der Waals surface area contributed by atoms with Gasteiger partial charge in [-0.3, -0.25) is 9.59 Å². The number of pyridine rings is 1. The molecule has 0 aliphatic carbocycles. The van der Waals surface area contributed by atoms with Crippen molar-refractivity contribution in [3.8, 4) is 0 Å². The molecule has 1 aromatic heterocycles. The van der Waals surface area contributed by atoms with E-state index in [0.717, 1.165) is 5.56 Å². The van der Waals surface area contributed by atoms with Crippen LogP contribution >= 0.6 is 0 Å². The van der Waals surface area contributed by atoms with E-state index in [1.165, 1.54) is 12.0 Å². The number of aromatic nitrogens is 1. The molecule has 0 aliphatic rings.